The molecule has 0 bridgehead atoms. The number of esters is 1. The summed E-state index contributed by atoms with van der Waals surface area (Å²) in [5.41, 5.74) is 0.701. The van der Waals surface area contributed by atoms with Crippen molar-refractivity contribution in [1.29, 1.82) is 0 Å². The van der Waals surface area contributed by atoms with Crippen LogP contribution in [-0.4, -0.2) is 35.2 Å². The van der Waals surface area contributed by atoms with Crippen LogP contribution in [0.25, 0.3) is 5.69 Å². The van der Waals surface area contributed by atoms with Crippen LogP contribution in [0.2, 0.25) is 5.02 Å². The Balaban J connectivity index is 2.45. The molecule has 0 saturated carbocycles. The number of aromatic nitrogens is 3. The normalized spacial score (nSPS) is 10.2. The number of rotatable bonds is 3. The van der Waals surface area contributed by atoms with Crippen molar-refractivity contribution in [3.8, 4) is 11.4 Å². The van der Waals surface area contributed by atoms with E-state index in [1.54, 1.807) is 18.2 Å². The number of ether oxygens (including phenoxy) is 2. The van der Waals surface area contributed by atoms with Gasteiger partial charge in [-0.2, -0.15) is 0 Å². The molecule has 0 spiro atoms. The van der Waals surface area contributed by atoms with Gasteiger partial charge in [0.05, 0.1) is 20.4 Å². The number of methoxy groups -OCH3 is 2. The molecule has 0 unspecified atom stereocenters. The second-order valence-corrected chi connectivity index (χ2v) is 3.79. The summed E-state index contributed by atoms with van der Waals surface area (Å²) in [5.74, 6) is 0.0166. The summed E-state index contributed by atoms with van der Waals surface area (Å²) in [4.78, 5) is 11.3. The van der Waals surface area contributed by atoms with Gasteiger partial charge in [-0.25, -0.2) is 9.48 Å². The van der Waals surface area contributed by atoms with E-state index in [4.69, 9.17) is 16.3 Å². The van der Waals surface area contributed by atoms with E-state index in [1.807, 2.05) is 0 Å². The van der Waals surface area contributed by atoms with Gasteiger partial charge in [-0.1, -0.05) is 16.8 Å². The van der Waals surface area contributed by atoms with E-state index in [-0.39, 0.29) is 5.69 Å². The van der Waals surface area contributed by atoms with Gasteiger partial charge in [-0.05, 0) is 18.2 Å². The molecule has 7 heteroatoms. The lowest BCUT2D eigenvalue weighted by Gasteiger charge is -2.07. The van der Waals surface area contributed by atoms with Gasteiger partial charge in [0.15, 0.2) is 5.69 Å². The average molecular weight is 268 g/mol. The number of halogens is 1. The maximum Gasteiger partial charge on any atom is 0.360 e. The summed E-state index contributed by atoms with van der Waals surface area (Å²) >= 11 is 5.91. The molecule has 6 nitrogen and oxygen atoms in total. The van der Waals surface area contributed by atoms with E-state index in [9.17, 15) is 4.79 Å². The minimum absolute atomic E-state index is 0.111. The van der Waals surface area contributed by atoms with Gasteiger partial charge < -0.3 is 9.47 Å². The first-order valence-corrected chi connectivity index (χ1v) is 5.38. The van der Waals surface area contributed by atoms with Crippen molar-refractivity contribution in [2.45, 2.75) is 0 Å². The van der Waals surface area contributed by atoms with Crippen LogP contribution in [-0.2, 0) is 4.74 Å². The van der Waals surface area contributed by atoms with E-state index in [2.05, 4.69) is 15.0 Å². The fourth-order valence-electron chi connectivity index (χ4n) is 1.42. The Morgan fingerprint density at radius 2 is 2.17 bits per heavy atom. The maximum atomic E-state index is 11.3. The number of benzene rings is 1. The smallest absolute Gasteiger partial charge is 0.360 e. The lowest BCUT2D eigenvalue weighted by molar-refractivity contribution is 0.0594. The summed E-state index contributed by atoms with van der Waals surface area (Å²) in [6.45, 7) is 0. The average Bonchev–Trinajstić information content (AvgIpc) is 2.87. The second-order valence-electron chi connectivity index (χ2n) is 3.36. The third-order valence-corrected chi connectivity index (χ3v) is 2.51. The van der Waals surface area contributed by atoms with Crippen molar-refractivity contribution in [3.63, 3.8) is 0 Å². The summed E-state index contributed by atoms with van der Waals surface area (Å²) in [6, 6.07) is 5.06. The van der Waals surface area contributed by atoms with Crippen LogP contribution < -0.4 is 4.74 Å². The van der Waals surface area contributed by atoms with Crippen molar-refractivity contribution < 1.29 is 14.3 Å². The van der Waals surface area contributed by atoms with Crippen molar-refractivity contribution in [1.82, 2.24) is 15.0 Å². The van der Waals surface area contributed by atoms with Gasteiger partial charge >= 0.3 is 5.97 Å². The Morgan fingerprint density at radius 3 is 2.83 bits per heavy atom. The maximum absolute atomic E-state index is 11.3. The minimum atomic E-state index is -0.553. The predicted octanol–water partition coefficient (Wildman–Crippen LogP) is 1.72. The zero-order chi connectivity index (χ0) is 13.1. The summed E-state index contributed by atoms with van der Waals surface area (Å²) in [7, 11) is 2.81. The van der Waals surface area contributed by atoms with E-state index in [0.717, 1.165) is 0 Å². The highest BCUT2D eigenvalue weighted by Crippen LogP contribution is 2.25. The highest BCUT2D eigenvalue weighted by molar-refractivity contribution is 6.30. The molecule has 0 fully saturated rings. The first-order chi connectivity index (χ1) is 8.65. The van der Waals surface area contributed by atoms with Gasteiger partial charge in [0.25, 0.3) is 0 Å². The topological polar surface area (TPSA) is 66.2 Å². The Hall–Kier alpha value is -2.08. The van der Waals surface area contributed by atoms with Gasteiger partial charge in [0.1, 0.15) is 11.4 Å². The molecular formula is C11H10ClN3O3. The number of hydrogen-bond donors (Lipinski definition) is 0. The van der Waals surface area contributed by atoms with Crippen LogP contribution in [0.4, 0.5) is 0 Å². The first-order valence-electron chi connectivity index (χ1n) is 5.00. The molecule has 18 heavy (non-hydrogen) atoms. The highest BCUT2D eigenvalue weighted by Gasteiger charge is 2.14. The predicted molar refractivity (Wildman–Crippen MR) is 64.3 cm³/mol. The third kappa shape index (κ3) is 2.28. The van der Waals surface area contributed by atoms with E-state index < -0.39 is 5.97 Å². The standard InChI is InChI=1S/C11H10ClN3O3/c1-17-10-4-3-7(12)5-9(10)15-6-8(13-14-15)11(16)18-2/h3-6H,1-2H3. The number of nitrogens with zero attached hydrogens (tertiary/aromatic N) is 3. The van der Waals surface area contributed by atoms with Crippen LogP contribution in [0.15, 0.2) is 24.4 Å². The molecule has 94 valence electrons. The quantitative estimate of drug-likeness (QED) is 0.792. The largest absolute Gasteiger partial charge is 0.494 e. The molecule has 0 saturated heterocycles. The lowest BCUT2D eigenvalue weighted by atomic mass is 10.3. The molecule has 2 aromatic rings. The molecular weight excluding hydrogens is 258 g/mol. The van der Waals surface area contributed by atoms with Gasteiger partial charge in [0, 0.05) is 5.02 Å². The zero-order valence-corrected chi connectivity index (χ0v) is 10.5. The van der Waals surface area contributed by atoms with E-state index >= 15 is 0 Å². The van der Waals surface area contributed by atoms with Gasteiger partial charge in [-0.3, -0.25) is 0 Å². The number of carbonyl (C=O) groups excluding carboxylic acids is 1. The first kappa shape index (κ1) is 12.4. The van der Waals surface area contributed by atoms with Gasteiger partial charge in [-0.15, -0.1) is 5.10 Å². The molecule has 0 aliphatic heterocycles. The van der Waals surface area contributed by atoms with Crippen LogP contribution >= 0.6 is 11.6 Å². The fourth-order valence-corrected chi connectivity index (χ4v) is 1.59. The van der Waals surface area contributed by atoms with Crippen LogP contribution in [0, 0.1) is 0 Å². The molecule has 0 N–H and O–H groups in total. The Morgan fingerprint density at radius 1 is 1.39 bits per heavy atom. The molecule has 2 rings (SSSR count). The molecule has 1 aromatic carbocycles. The lowest BCUT2D eigenvalue weighted by Crippen LogP contribution is -2.01. The van der Waals surface area contributed by atoms with E-state index in [0.29, 0.717) is 16.5 Å². The van der Waals surface area contributed by atoms with Crippen LogP contribution in [0.3, 0.4) is 0 Å². The Kier molecular flexibility index (Phi) is 3.47. The van der Waals surface area contributed by atoms with Crippen LogP contribution in [0.1, 0.15) is 10.5 Å². The second kappa shape index (κ2) is 5.05. The number of carbonyl (C=O) groups is 1. The molecule has 1 aromatic heterocycles. The van der Waals surface area contributed by atoms with Crippen LogP contribution in [0.5, 0.6) is 5.75 Å². The van der Waals surface area contributed by atoms with Crippen molar-refractivity contribution >= 4 is 17.6 Å². The minimum Gasteiger partial charge on any atom is -0.494 e. The SMILES string of the molecule is COC(=O)c1cn(-c2cc(Cl)ccc2OC)nn1. The molecule has 0 atom stereocenters. The third-order valence-electron chi connectivity index (χ3n) is 2.28. The van der Waals surface area contributed by atoms with Crippen molar-refractivity contribution in [3.05, 3.63) is 35.1 Å². The zero-order valence-electron chi connectivity index (χ0n) is 9.75. The molecule has 0 amide bonds. The Bertz CT molecular complexity index is 583. The molecule has 0 aliphatic carbocycles. The van der Waals surface area contributed by atoms with E-state index in [1.165, 1.54) is 25.1 Å². The summed E-state index contributed by atoms with van der Waals surface area (Å²) in [5, 5.41) is 8.07. The molecule has 0 aliphatic rings. The summed E-state index contributed by atoms with van der Waals surface area (Å²) < 4.78 is 11.1. The highest BCUT2D eigenvalue weighted by atomic mass is 35.5. The summed E-state index contributed by atoms with van der Waals surface area (Å²) in [6.07, 6.45) is 1.44. The fraction of sp³-hybridized carbons (Fsp3) is 0.182. The Labute approximate surface area is 108 Å². The van der Waals surface area contributed by atoms with Crippen molar-refractivity contribution in [2.24, 2.45) is 0 Å². The monoisotopic (exact) mass is 267 g/mol. The van der Waals surface area contributed by atoms with Crippen molar-refractivity contribution in [2.75, 3.05) is 14.2 Å². The molecule has 1 heterocycles. The number of hydrogen-bond acceptors (Lipinski definition) is 5. The molecule has 0 radical (unpaired) electrons. The van der Waals surface area contributed by atoms with Gasteiger partial charge in [0.2, 0.25) is 0 Å².